The lowest BCUT2D eigenvalue weighted by Gasteiger charge is -2.39. The molecule has 1 aromatic heterocycles. The number of benzene rings is 1. The number of hydrogen-bond acceptors (Lipinski definition) is 4. The molecule has 2 N–H and O–H groups in total. The maximum Gasteiger partial charge on any atom is 0.0678 e. The molecule has 3 nitrogen and oxygen atoms in total. The summed E-state index contributed by atoms with van der Waals surface area (Å²) in [4.78, 5) is 2.48. The van der Waals surface area contributed by atoms with E-state index in [9.17, 15) is 0 Å². The molecule has 3 atom stereocenters. The minimum atomic E-state index is 0.276. The van der Waals surface area contributed by atoms with Gasteiger partial charge in [0, 0.05) is 30.4 Å². The van der Waals surface area contributed by atoms with Crippen molar-refractivity contribution in [3.05, 3.63) is 35.2 Å². The van der Waals surface area contributed by atoms with Gasteiger partial charge in [-0.2, -0.15) is 0 Å². The zero-order valence-corrected chi connectivity index (χ0v) is 12.9. The van der Waals surface area contributed by atoms with Crippen LogP contribution in [0.4, 0.5) is 0 Å². The Bertz CT molecular complexity index is 573. The van der Waals surface area contributed by atoms with Gasteiger partial charge in [0.15, 0.2) is 0 Å². The Morgan fingerprint density at radius 3 is 2.70 bits per heavy atom. The molecule has 4 heteroatoms. The average molecular weight is 290 g/mol. The van der Waals surface area contributed by atoms with Crippen LogP contribution in [-0.4, -0.2) is 36.7 Å². The van der Waals surface area contributed by atoms with E-state index >= 15 is 0 Å². The van der Waals surface area contributed by atoms with Crippen LogP contribution in [0.15, 0.2) is 29.6 Å². The van der Waals surface area contributed by atoms with Crippen molar-refractivity contribution in [1.82, 2.24) is 4.90 Å². The standard InChI is InChI=1S/C16H22N2OS/c1-11-8-18(9-12(2)19-11)15(7-17)14-10-20-16-6-4-3-5-13(14)16/h3-6,10-12,15H,7-9,17H2,1-2H3/t11-,12+,15?. The van der Waals surface area contributed by atoms with E-state index in [1.807, 2.05) is 11.3 Å². The summed E-state index contributed by atoms with van der Waals surface area (Å²) in [7, 11) is 0. The lowest BCUT2D eigenvalue weighted by molar-refractivity contribution is -0.0797. The first-order chi connectivity index (χ1) is 9.69. The highest BCUT2D eigenvalue weighted by Gasteiger charge is 2.29. The van der Waals surface area contributed by atoms with Crippen molar-refractivity contribution < 1.29 is 4.74 Å². The van der Waals surface area contributed by atoms with Crippen LogP contribution >= 0.6 is 11.3 Å². The third-order valence-electron chi connectivity index (χ3n) is 3.98. The molecule has 0 radical (unpaired) electrons. The van der Waals surface area contributed by atoms with Crippen molar-refractivity contribution in [1.29, 1.82) is 0 Å². The molecule has 0 spiro atoms. The molecule has 108 valence electrons. The molecule has 1 aliphatic rings. The average Bonchev–Trinajstić information content (AvgIpc) is 2.83. The lowest BCUT2D eigenvalue weighted by Crippen LogP contribution is -2.48. The van der Waals surface area contributed by atoms with E-state index < -0.39 is 0 Å². The Labute approximate surface area is 124 Å². The van der Waals surface area contributed by atoms with E-state index in [4.69, 9.17) is 10.5 Å². The first-order valence-electron chi connectivity index (χ1n) is 7.24. The topological polar surface area (TPSA) is 38.5 Å². The second-order valence-corrected chi connectivity index (χ2v) is 6.56. The normalized spacial score (nSPS) is 25.9. The van der Waals surface area contributed by atoms with Crippen LogP contribution in [0.25, 0.3) is 10.1 Å². The van der Waals surface area contributed by atoms with E-state index in [-0.39, 0.29) is 12.2 Å². The van der Waals surface area contributed by atoms with Crippen LogP contribution in [-0.2, 0) is 4.74 Å². The molecule has 0 bridgehead atoms. The van der Waals surface area contributed by atoms with Crippen molar-refractivity contribution in [2.24, 2.45) is 5.73 Å². The summed E-state index contributed by atoms with van der Waals surface area (Å²) < 4.78 is 7.18. The first kappa shape index (κ1) is 14.0. The summed E-state index contributed by atoms with van der Waals surface area (Å²) in [5.41, 5.74) is 7.47. The highest BCUT2D eigenvalue weighted by molar-refractivity contribution is 7.17. The quantitative estimate of drug-likeness (QED) is 0.944. The number of fused-ring (bicyclic) bond motifs is 1. The van der Waals surface area contributed by atoms with Gasteiger partial charge < -0.3 is 10.5 Å². The van der Waals surface area contributed by atoms with Gasteiger partial charge in [0.1, 0.15) is 0 Å². The zero-order valence-electron chi connectivity index (χ0n) is 12.1. The monoisotopic (exact) mass is 290 g/mol. The predicted octanol–water partition coefficient (Wildman–Crippen LogP) is 3.01. The molecular weight excluding hydrogens is 268 g/mol. The molecule has 0 amide bonds. The van der Waals surface area contributed by atoms with E-state index in [0.29, 0.717) is 12.6 Å². The van der Waals surface area contributed by atoms with Crippen LogP contribution in [0.2, 0.25) is 0 Å². The summed E-state index contributed by atoms with van der Waals surface area (Å²) in [6.07, 6.45) is 0.551. The summed E-state index contributed by atoms with van der Waals surface area (Å²) in [6, 6.07) is 8.88. The van der Waals surface area contributed by atoms with Crippen molar-refractivity contribution in [2.45, 2.75) is 32.1 Å². The lowest BCUT2D eigenvalue weighted by atomic mass is 10.0. The second-order valence-electron chi connectivity index (χ2n) is 5.65. The minimum absolute atomic E-state index is 0.276. The van der Waals surface area contributed by atoms with Crippen LogP contribution in [0.1, 0.15) is 25.5 Å². The Morgan fingerprint density at radius 2 is 2.00 bits per heavy atom. The Morgan fingerprint density at radius 1 is 1.30 bits per heavy atom. The molecule has 0 saturated carbocycles. The molecule has 1 aliphatic heterocycles. The summed E-state index contributed by atoms with van der Waals surface area (Å²) in [5.74, 6) is 0. The molecule has 1 unspecified atom stereocenters. The molecule has 1 aromatic carbocycles. The van der Waals surface area contributed by atoms with Crippen molar-refractivity contribution in [2.75, 3.05) is 19.6 Å². The highest BCUT2D eigenvalue weighted by atomic mass is 32.1. The van der Waals surface area contributed by atoms with E-state index in [1.165, 1.54) is 15.6 Å². The van der Waals surface area contributed by atoms with Gasteiger partial charge in [0.25, 0.3) is 0 Å². The first-order valence-corrected chi connectivity index (χ1v) is 8.12. The van der Waals surface area contributed by atoms with Gasteiger partial charge in [-0.15, -0.1) is 11.3 Å². The maximum atomic E-state index is 6.10. The summed E-state index contributed by atoms with van der Waals surface area (Å²) in [6.45, 7) is 6.84. The highest BCUT2D eigenvalue weighted by Crippen LogP contribution is 2.33. The number of thiophene rings is 1. The molecule has 3 rings (SSSR count). The minimum Gasteiger partial charge on any atom is -0.373 e. The molecule has 1 saturated heterocycles. The molecule has 0 aliphatic carbocycles. The van der Waals surface area contributed by atoms with Gasteiger partial charge in [0.2, 0.25) is 0 Å². The smallest absolute Gasteiger partial charge is 0.0678 e. The Hall–Kier alpha value is -0.940. The van der Waals surface area contributed by atoms with E-state index in [2.05, 4.69) is 48.4 Å². The fourth-order valence-electron chi connectivity index (χ4n) is 3.20. The third-order valence-corrected chi connectivity index (χ3v) is 4.96. The summed E-state index contributed by atoms with van der Waals surface area (Å²) in [5, 5.41) is 3.62. The number of ether oxygens (including phenoxy) is 1. The number of morpholine rings is 1. The molecule has 20 heavy (non-hydrogen) atoms. The van der Waals surface area contributed by atoms with Crippen LogP contribution in [0, 0.1) is 0 Å². The van der Waals surface area contributed by atoms with E-state index in [0.717, 1.165) is 13.1 Å². The van der Waals surface area contributed by atoms with Crippen LogP contribution in [0.5, 0.6) is 0 Å². The van der Waals surface area contributed by atoms with Crippen LogP contribution < -0.4 is 5.73 Å². The van der Waals surface area contributed by atoms with E-state index in [1.54, 1.807) is 0 Å². The van der Waals surface area contributed by atoms with Crippen molar-refractivity contribution in [3.8, 4) is 0 Å². The van der Waals surface area contributed by atoms with Crippen molar-refractivity contribution in [3.63, 3.8) is 0 Å². The second kappa shape index (κ2) is 5.82. The summed E-state index contributed by atoms with van der Waals surface area (Å²) >= 11 is 1.81. The molecular formula is C16H22N2OS. The molecule has 2 aromatic rings. The van der Waals surface area contributed by atoms with Gasteiger partial charge in [-0.1, -0.05) is 18.2 Å². The number of nitrogens with two attached hydrogens (primary N) is 1. The number of rotatable bonds is 3. The Kier molecular flexibility index (Phi) is 4.08. The van der Waals surface area contributed by atoms with Gasteiger partial charge in [-0.05, 0) is 36.2 Å². The SMILES string of the molecule is C[C@@H]1CN(C(CN)c2csc3ccccc23)C[C@H](C)O1. The van der Waals surface area contributed by atoms with Gasteiger partial charge >= 0.3 is 0 Å². The third kappa shape index (κ3) is 2.61. The molecule has 1 fully saturated rings. The van der Waals surface area contributed by atoms with Gasteiger partial charge in [-0.25, -0.2) is 0 Å². The largest absolute Gasteiger partial charge is 0.373 e. The maximum absolute atomic E-state index is 6.10. The number of hydrogen-bond donors (Lipinski definition) is 1. The fourth-order valence-corrected chi connectivity index (χ4v) is 4.21. The Balaban J connectivity index is 1.93. The predicted molar refractivity (Wildman–Crippen MR) is 85.2 cm³/mol. The molecule has 2 heterocycles. The van der Waals surface area contributed by atoms with Crippen molar-refractivity contribution >= 4 is 21.4 Å². The van der Waals surface area contributed by atoms with Gasteiger partial charge in [0.05, 0.1) is 12.2 Å². The fraction of sp³-hybridized carbons (Fsp3) is 0.500. The van der Waals surface area contributed by atoms with Crippen LogP contribution in [0.3, 0.4) is 0 Å². The number of nitrogens with zero attached hydrogens (tertiary/aromatic N) is 1. The zero-order chi connectivity index (χ0) is 14.1. The van der Waals surface area contributed by atoms with Gasteiger partial charge in [-0.3, -0.25) is 4.90 Å².